The number of aliphatic imine (C=N–C) groups is 1. The summed E-state index contributed by atoms with van der Waals surface area (Å²) in [4.78, 5) is 4.46. The van der Waals surface area contributed by atoms with Crippen LogP contribution in [0.3, 0.4) is 0 Å². The van der Waals surface area contributed by atoms with Gasteiger partial charge >= 0.3 is 0 Å². The van der Waals surface area contributed by atoms with Crippen LogP contribution in [0.25, 0.3) is 0 Å². The fourth-order valence-electron chi connectivity index (χ4n) is 1.77. The van der Waals surface area contributed by atoms with E-state index in [1.807, 2.05) is 20.8 Å². The molecule has 0 aliphatic carbocycles. The molecule has 1 unspecified atom stereocenters. The Morgan fingerprint density at radius 1 is 1.27 bits per heavy atom. The Hall–Kier alpha value is 1.01. The summed E-state index contributed by atoms with van der Waals surface area (Å²) in [6.45, 7) is 12.2. The monoisotopic (exact) mass is 339 g/mol. The van der Waals surface area contributed by atoms with Crippen molar-refractivity contribution in [1.29, 1.82) is 0 Å². The first-order valence-corrected chi connectivity index (χ1v) is 5.61. The summed E-state index contributed by atoms with van der Waals surface area (Å²) in [6, 6.07) is 0.261. The summed E-state index contributed by atoms with van der Waals surface area (Å²) < 4.78 is 0. The molecule has 0 aromatic carbocycles. The Morgan fingerprint density at radius 3 is 2.00 bits per heavy atom. The zero-order valence-corrected chi connectivity index (χ0v) is 14.1. The average Bonchev–Trinajstić information content (AvgIpc) is 2.02. The average molecular weight is 339 g/mol. The Morgan fingerprint density at radius 2 is 1.73 bits per heavy atom. The first kappa shape index (κ1) is 18.4. The van der Waals surface area contributed by atoms with E-state index in [0.29, 0.717) is 0 Å². The van der Waals surface area contributed by atoms with Gasteiger partial charge in [0.2, 0.25) is 0 Å². The van der Waals surface area contributed by atoms with E-state index in [4.69, 9.17) is 0 Å². The fraction of sp³-hybridized carbons (Fsp3) is 0.917. The molecule has 0 aromatic heterocycles. The minimum absolute atomic E-state index is 0. The molecule has 2 nitrogen and oxygen atoms in total. The van der Waals surface area contributed by atoms with Gasteiger partial charge in [-0.05, 0) is 33.1 Å². The zero-order chi connectivity index (χ0) is 11.4. The molecule has 0 rings (SSSR count). The van der Waals surface area contributed by atoms with Gasteiger partial charge in [0.25, 0.3) is 0 Å². The summed E-state index contributed by atoms with van der Waals surface area (Å²) in [5, 5.41) is 10.5. The van der Waals surface area contributed by atoms with Gasteiger partial charge in [-0.25, -0.2) is 0 Å². The maximum absolute atomic E-state index is 10.5. The molecule has 3 heteroatoms. The number of hydrogen-bond donors (Lipinski definition) is 1. The molecule has 0 aliphatic rings. The van der Waals surface area contributed by atoms with Gasteiger partial charge < -0.3 is 5.11 Å². The smallest absolute Gasteiger partial charge is 0.104 e. The molecule has 0 heterocycles. The summed E-state index contributed by atoms with van der Waals surface area (Å²) in [6.07, 6.45) is 1.78. The van der Waals surface area contributed by atoms with E-state index in [9.17, 15) is 5.11 Å². The minimum atomic E-state index is -0.709. The van der Waals surface area contributed by atoms with Gasteiger partial charge in [0.15, 0.2) is 0 Å². The van der Waals surface area contributed by atoms with Crippen molar-refractivity contribution in [2.24, 2.45) is 10.9 Å². The van der Waals surface area contributed by atoms with Crippen LogP contribution in [0.5, 0.6) is 0 Å². The molecule has 0 aromatic rings. The van der Waals surface area contributed by atoms with E-state index < -0.39 is 5.60 Å². The molecule has 88 valence electrons. The summed E-state index contributed by atoms with van der Waals surface area (Å²) in [5.41, 5.74) is 0.170. The van der Waals surface area contributed by atoms with Crippen molar-refractivity contribution < 1.29 is 46.9 Å². The van der Waals surface area contributed by atoms with Crippen LogP contribution in [-0.2, 0) is 0 Å². The third-order valence-corrected chi connectivity index (χ3v) is 2.66. The van der Waals surface area contributed by atoms with Crippen LogP contribution in [0.4, 0.5) is 0 Å². The molecule has 15 heavy (non-hydrogen) atoms. The van der Waals surface area contributed by atoms with Crippen LogP contribution >= 0.6 is 0 Å². The molecular formula is C12H25CeNO. The second kappa shape index (κ2) is 8.15. The summed E-state index contributed by atoms with van der Waals surface area (Å²) in [5.74, 6) is 0.227. The van der Waals surface area contributed by atoms with E-state index >= 15 is 0 Å². The van der Waals surface area contributed by atoms with E-state index in [1.54, 1.807) is 0 Å². The first-order valence-electron chi connectivity index (χ1n) is 5.61. The quantitative estimate of drug-likeness (QED) is 0.767. The number of nitrogens with zero attached hydrogens (tertiary/aromatic N) is 1. The van der Waals surface area contributed by atoms with E-state index in [1.165, 1.54) is 0 Å². The maximum Gasteiger partial charge on any atom is 0.104 e. The Bertz CT molecular complexity index is 202. The Labute approximate surface area is 128 Å². The largest absolute Gasteiger partial charge is 0.384 e. The van der Waals surface area contributed by atoms with Crippen molar-refractivity contribution in [2.75, 3.05) is 0 Å². The standard InChI is InChI=1S/C12H25NO.Ce/c1-7-8-12(14,9(2)3)11(6)13-10(4)5;/h9-10,14H,7-8H2,1-6H3;. The van der Waals surface area contributed by atoms with Crippen molar-refractivity contribution in [1.82, 2.24) is 0 Å². The molecule has 0 spiro atoms. The van der Waals surface area contributed by atoms with Crippen molar-refractivity contribution in [3.8, 4) is 0 Å². The normalized spacial score (nSPS) is 16.5. The molecule has 0 radical (unpaired) electrons. The van der Waals surface area contributed by atoms with Crippen LogP contribution in [0.1, 0.15) is 54.4 Å². The van der Waals surface area contributed by atoms with E-state index in [2.05, 4.69) is 25.8 Å². The molecule has 0 saturated heterocycles. The molecule has 0 fully saturated rings. The number of aliphatic hydroxyl groups is 1. The van der Waals surface area contributed by atoms with Crippen molar-refractivity contribution in [3.05, 3.63) is 0 Å². The van der Waals surface area contributed by atoms with E-state index in [0.717, 1.165) is 18.6 Å². The predicted molar refractivity (Wildman–Crippen MR) is 62.9 cm³/mol. The van der Waals surface area contributed by atoms with Crippen molar-refractivity contribution >= 4 is 5.71 Å². The molecule has 1 N–H and O–H groups in total. The van der Waals surface area contributed by atoms with Crippen LogP contribution in [-0.4, -0.2) is 22.5 Å². The van der Waals surface area contributed by atoms with Gasteiger partial charge in [0.05, 0.1) is 0 Å². The zero-order valence-electron chi connectivity index (χ0n) is 11.0. The third kappa shape index (κ3) is 5.75. The molecular weight excluding hydrogens is 314 g/mol. The SMILES string of the molecule is CCCC(O)(C(C)=NC(C)C)C(C)C.[Ce]. The first-order chi connectivity index (χ1) is 6.34. The molecule has 1 atom stereocenters. The van der Waals surface area contributed by atoms with Gasteiger partial charge in [0, 0.05) is 53.5 Å². The summed E-state index contributed by atoms with van der Waals surface area (Å²) >= 11 is 0. The van der Waals surface area contributed by atoms with Gasteiger partial charge in [-0.2, -0.15) is 0 Å². The molecule has 0 saturated carbocycles. The Balaban J connectivity index is 0. The van der Waals surface area contributed by atoms with Crippen LogP contribution < -0.4 is 0 Å². The van der Waals surface area contributed by atoms with Gasteiger partial charge in [0.1, 0.15) is 5.60 Å². The van der Waals surface area contributed by atoms with Crippen LogP contribution in [0, 0.1) is 47.7 Å². The van der Waals surface area contributed by atoms with Crippen molar-refractivity contribution in [2.45, 2.75) is 66.0 Å². The maximum atomic E-state index is 10.5. The molecule has 0 amide bonds. The third-order valence-electron chi connectivity index (χ3n) is 2.66. The predicted octanol–water partition coefficient (Wildman–Crippen LogP) is 3.04. The van der Waals surface area contributed by atoms with Gasteiger partial charge in [-0.3, -0.25) is 4.99 Å². The second-order valence-corrected chi connectivity index (χ2v) is 4.64. The van der Waals surface area contributed by atoms with Gasteiger partial charge in [-0.15, -0.1) is 0 Å². The van der Waals surface area contributed by atoms with Crippen molar-refractivity contribution in [3.63, 3.8) is 0 Å². The fourth-order valence-corrected chi connectivity index (χ4v) is 1.77. The Kier molecular flexibility index (Phi) is 9.98. The van der Waals surface area contributed by atoms with Crippen LogP contribution in [0.2, 0.25) is 0 Å². The molecule has 0 bridgehead atoms. The molecule has 0 aliphatic heterocycles. The second-order valence-electron chi connectivity index (χ2n) is 4.64. The topological polar surface area (TPSA) is 32.6 Å². The number of rotatable bonds is 5. The minimum Gasteiger partial charge on any atom is -0.384 e. The number of hydrogen-bond acceptors (Lipinski definition) is 2. The van der Waals surface area contributed by atoms with Gasteiger partial charge in [-0.1, -0.05) is 27.2 Å². The van der Waals surface area contributed by atoms with Crippen LogP contribution in [0.15, 0.2) is 4.99 Å². The summed E-state index contributed by atoms with van der Waals surface area (Å²) in [7, 11) is 0. The van der Waals surface area contributed by atoms with E-state index in [-0.39, 0.29) is 53.7 Å².